The summed E-state index contributed by atoms with van der Waals surface area (Å²) in [5, 5.41) is 4.47. The third-order valence-electron chi connectivity index (χ3n) is 3.30. The normalized spacial score (nSPS) is 29.7. The first kappa shape index (κ1) is 8.24. The summed E-state index contributed by atoms with van der Waals surface area (Å²) in [5.41, 5.74) is 1.34. The molecule has 3 rings (SSSR count). The van der Waals surface area contributed by atoms with E-state index in [-0.39, 0.29) is 5.56 Å². The van der Waals surface area contributed by atoms with Gasteiger partial charge in [0.1, 0.15) is 0 Å². The monoisotopic (exact) mass is 189 g/mol. The van der Waals surface area contributed by atoms with Crippen molar-refractivity contribution in [1.82, 2.24) is 9.88 Å². The number of aromatic nitrogens is 1. The molecule has 3 nitrogen and oxygen atoms in total. The van der Waals surface area contributed by atoms with Crippen LogP contribution in [0, 0.1) is 5.92 Å². The summed E-state index contributed by atoms with van der Waals surface area (Å²) in [6, 6.07) is 5.59. The van der Waals surface area contributed by atoms with Crippen molar-refractivity contribution in [3.05, 3.63) is 34.2 Å². The van der Waals surface area contributed by atoms with Gasteiger partial charge in [0.05, 0.1) is 0 Å². The lowest BCUT2D eigenvalue weighted by Gasteiger charge is -2.36. The lowest BCUT2D eigenvalue weighted by atomic mass is 9.84. The Balaban J connectivity index is 2.15. The van der Waals surface area contributed by atoms with Gasteiger partial charge in [-0.1, -0.05) is 6.07 Å². The summed E-state index contributed by atoms with van der Waals surface area (Å²) >= 11 is 0. The van der Waals surface area contributed by atoms with Gasteiger partial charge in [0, 0.05) is 37.3 Å². The average Bonchev–Trinajstić information content (AvgIpc) is 2.20. The van der Waals surface area contributed by atoms with E-state index in [2.05, 4.69) is 11.4 Å². The molecule has 14 heavy (non-hydrogen) atoms. The second kappa shape index (κ2) is 2.95. The summed E-state index contributed by atoms with van der Waals surface area (Å²) in [5.74, 6) is 1.10. The van der Waals surface area contributed by atoms with Gasteiger partial charge >= 0.3 is 0 Å². The Morgan fingerprint density at radius 2 is 2.29 bits per heavy atom. The molecule has 0 aromatic carbocycles. The Kier molecular flexibility index (Phi) is 1.74. The van der Waals surface area contributed by atoms with E-state index in [1.165, 1.54) is 12.1 Å². The minimum Gasteiger partial charge on any atom is -0.312 e. The molecule has 3 heterocycles. The summed E-state index contributed by atoms with van der Waals surface area (Å²) in [6.07, 6.45) is 1.22. The van der Waals surface area contributed by atoms with Crippen LogP contribution in [0.2, 0.25) is 0 Å². The van der Waals surface area contributed by atoms with Gasteiger partial charge in [0.25, 0.3) is 5.56 Å². The van der Waals surface area contributed by atoms with Crippen LogP contribution in [-0.2, 0) is 6.54 Å². The van der Waals surface area contributed by atoms with E-state index in [4.69, 9.17) is 0 Å². The summed E-state index contributed by atoms with van der Waals surface area (Å²) in [6.45, 7) is 2.71. The van der Waals surface area contributed by atoms with Crippen LogP contribution in [0.3, 0.4) is 0 Å². The van der Waals surface area contributed by atoms with Crippen LogP contribution in [0.4, 0.5) is 0 Å². The number of piperidine rings is 1. The van der Waals surface area contributed by atoms with E-state index >= 15 is 0 Å². The number of pyridine rings is 1. The van der Waals surface area contributed by atoms with Crippen molar-refractivity contribution in [2.75, 3.05) is 13.1 Å². The molecule has 0 spiro atoms. The number of nitrogens with zero attached hydrogens (tertiary/aromatic N) is 2. The molecule has 2 aliphatic rings. The zero-order chi connectivity index (χ0) is 9.54. The Morgan fingerprint density at radius 3 is 3.21 bits per heavy atom. The van der Waals surface area contributed by atoms with Crippen molar-refractivity contribution in [3.8, 4) is 0 Å². The fourth-order valence-corrected chi connectivity index (χ4v) is 2.66. The molecule has 2 aliphatic heterocycles. The molecule has 0 aliphatic carbocycles. The van der Waals surface area contributed by atoms with E-state index in [9.17, 15) is 4.79 Å². The molecule has 0 amide bonds. The van der Waals surface area contributed by atoms with Gasteiger partial charge in [-0.15, -0.1) is 0 Å². The highest BCUT2D eigenvalue weighted by Gasteiger charge is 2.30. The van der Waals surface area contributed by atoms with Gasteiger partial charge in [-0.3, -0.25) is 4.79 Å². The zero-order valence-corrected chi connectivity index (χ0v) is 8.02. The largest absolute Gasteiger partial charge is 0.312 e. The molecule has 1 aromatic rings. The van der Waals surface area contributed by atoms with Crippen LogP contribution in [0.25, 0.3) is 0 Å². The second-order valence-corrected chi connectivity index (χ2v) is 4.29. The van der Waals surface area contributed by atoms with Gasteiger partial charge in [-0.05, 0) is 18.4 Å². The van der Waals surface area contributed by atoms with Gasteiger partial charge in [-0.2, -0.15) is 0 Å². The molecule has 2 bridgehead atoms. The van der Waals surface area contributed by atoms with Crippen molar-refractivity contribution in [3.63, 3.8) is 0 Å². The molecule has 1 aromatic heterocycles. The van der Waals surface area contributed by atoms with Crippen molar-refractivity contribution >= 4 is 0 Å². The zero-order valence-electron chi connectivity index (χ0n) is 8.02. The number of hydrogen-bond donors (Lipinski definition) is 0. The van der Waals surface area contributed by atoms with Crippen molar-refractivity contribution in [1.29, 1.82) is 0 Å². The third kappa shape index (κ3) is 1.12. The highest BCUT2D eigenvalue weighted by Crippen LogP contribution is 2.31. The first-order valence-corrected chi connectivity index (χ1v) is 5.17. The average molecular weight is 189 g/mol. The summed E-state index contributed by atoms with van der Waals surface area (Å²) in [7, 11) is 0. The van der Waals surface area contributed by atoms with E-state index in [0.29, 0.717) is 11.8 Å². The highest BCUT2D eigenvalue weighted by molar-refractivity contribution is 5.16. The van der Waals surface area contributed by atoms with E-state index in [1.54, 1.807) is 6.07 Å². The second-order valence-electron chi connectivity index (χ2n) is 4.29. The quantitative estimate of drug-likeness (QED) is 0.587. The Morgan fingerprint density at radius 1 is 1.36 bits per heavy atom. The smallest absolute Gasteiger partial charge is 0.250 e. The Hall–Kier alpha value is -1.09. The van der Waals surface area contributed by atoms with Crippen LogP contribution in [0.1, 0.15) is 18.0 Å². The van der Waals surface area contributed by atoms with Gasteiger partial charge in [0.2, 0.25) is 0 Å². The van der Waals surface area contributed by atoms with Gasteiger partial charge < -0.3 is 4.57 Å². The topological polar surface area (TPSA) is 36.1 Å². The predicted octanol–water partition coefficient (Wildman–Crippen LogP) is 0.570. The van der Waals surface area contributed by atoms with Crippen molar-refractivity contribution < 1.29 is 0 Å². The third-order valence-corrected chi connectivity index (χ3v) is 3.30. The minimum atomic E-state index is 0.152. The number of rotatable bonds is 0. The Labute approximate surface area is 82.8 Å². The molecule has 1 radical (unpaired) electrons. The predicted molar refractivity (Wildman–Crippen MR) is 53.4 cm³/mol. The number of hydrogen-bond acceptors (Lipinski definition) is 1. The first-order valence-electron chi connectivity index (χ1n) is 5.17. The molecular formula is C11H13N2O. The molecular weight excluding hydrogens is 176 g/mol. The molecule has 73 valence electrons. The van der Waals surface area contributed by atoms with Crippen LogP contribution in [0.15, 0.2) is 23.0 Å². The maximum absolute atomic E-state index is 11.6. The van der Waals surface area contributed by atoms with E-state index in [1.807, 2.05) is 10.6 Å². The van der Waals surface area contributed by atoms with E-state index in [0.717, 1.165) is 19.6 Å². The highest BCUT2D eigenvalue weighted by atomic mass is 16.1. The Bertz CT molecular complexity index is 410. The lowest BCUT2D eigenvalue weighted by molar-refractivity contribution is 0.254. The maximum atomic E-state index is 11.6. The van der Waals surface area contributed by atoms with Crippen LogP contribution < -0.4 is 10.9 Å². The molecule has 0 saturated carbocycles. The van der Waals surface area contributed by atoms with Crippen molar-refractivity contribution in [2.45, 2.75) is 18.9 Å². The van der Waals surface area contributed by atoms with Crippen LogP contribution in [0.5, 0.6) is 0 Å². The van der Waals surface area contributed by atoms with E-state index < -0.39 is 0 Å². The van der Waals surface area contributed by atoms with Crippen molar-refractivity contribution in [2.24, 2.45) is 5.92 Å². The molecule has 1 saturated heterocycles. The summed E-state index contributed by atoms with van der Waals surface area (Å²) in [4.78, 5) is 11.6. The molecule has 3 heteroatoms. The standard InChI is InChI=1S/C11H13N2O/c14-11-3-1-2-10-9-4-8(5-12-6-9)7-13(10)11/h1-3,8-9H,4-7H2. The van der Waals surface area contributed by atoms with Crippen LogP contribution >= 0.6 is 0 Å². The molecule has 2 atom stereocenters. The fraction of sp³-hybridized carbons (Fsp3) is 0.545. The fourth-order valence-electron chi connectivity index (χ4n) is 2.66. The molecule has 0 N–H and O–H groups in total. The molecule has 1 fully saturated rings. The molecule has 2 unspecified atom stereocenters. The number of fused-ring (bicyclic) bond motifs is 4. The van der Waals surface area contributed by atoms with Crippen LogP contribution in [-0.4, -0.2) is 17.7 Å². The van der Waals surface area contributed by atoms with Gasteiger partial charge in [-0.25, -0.2) is 5.32 Å². The first-order chi connectivity index (χ1) is 6.84. The van der Waals surface area contributed by atoms with Gasteiger partial charge in [0.15, 0.2) is 0 Å². The lowest BCUT2D eigenvalue weighted by Crippen LogP contribution is -2.42. The summed E-state index contributed by atoms with van der Waals surface area (Å²) < 4.78 is 1.94. The minimum absolute atomic E-state index is 0.152. The maximum Gasteiger partial charge on any atom is 0.250 e. The SMILES string of the molecule is O=c1cccc2n1CC1C[N]CC2C1.